The van der Waals surface area contributed by atoms with E-state index in [1.807, 2.05) is 42.4 Å². The number of isothiocyanates is 1. The van der Waals surface area contributed by atoms with Gasteiger partial charge in [0.05, 0.1) is 5.16 Å². The van der Waals surface area contributed by atoms with Crippen LogP contribution in [0.4, 0.5) is 14.5 Å². The van der Waals surface area contributed by atoms with Gasteiger partial charge in [0.1, 0.15) is 5.69 Å². The normalized spacial score (nSPS) is 10.5. The number of unbranched alkanes of at least 4 members (excludes halogenated alkanes) is 2. The summed E-state index contributed by atoms with van der Waals surface area (Å²) < 4.78 is 28.0. The standard InChI is InChI=1S/C28H23F2NS/c1-3-4-5-6-7-21-8-12-24(13-9-21)25-15-14-23(20(2)16-25)11-10-22-17-26(29)28(31-19-32)27(30)18-22/h8-18H,3-5H2,1-2H3/b11-10+. The van der Waals surface area contributed by atoms with E-state index >= 15 is 0 Å². The number of thiocarbonyl (C=S) groups is 1. The molecule has 4 heteroatoms. The highest BCUT2D eigenvalue weighted by Gasteiger charge is 2.09. The SMILES string of the molecule is CCCCC#Cc1ccc(-c2ccc(/C=C/c3cc(F)c(N=C=S)c(F)c3)c(C)c2)cc1. The molecule has 0 unspecified atom stereocenters. The number of aliphatic imine (C=N–C) groups is 1. The van der Waals surface area contributed by atoms with E-state index in [9.17, 15) is 8.78 Å². The van der Waals surface area contributed by atoms with Gasteiger partial charge in [0.15, 0.2) is 11.6 Å². The summed E-state index contributed by atoms with van der Waals surface area (Å²) in [6, 6.07) is 16.8. The van der Waals surface area contributed by atoms with Gasteiger partial charge in [-0.05, 0) is 77.6 Å². The number of hydrogen-bond donors (Lipinski definition) is 0. The second-order valence-electron chi connectivity index (χ2n) is 7.42. The lowest BCUT2D eigenvalue weighted by atomic mass is 9.98. The molecule has 0 aliphatic rings. The largest absolute Gasteiger partial charge is 0.204 e. The lowest BCUT2D eigenvalue weighted by Gasteiger charge is -2.07. The third-order valence-corrected chi connectivity index (χ3v) is 5.12. The predicted molar refractivity (Wildman–Crippen MR) is 133 cm³/mol. The summed E-state index contributed by atoms with van der Waals surface area (Å²) in [5, 5.41) is 1.99. The molecule has 0 heterocycles. The maximum atomic E-state index is 14.0. The first kappa shape index (κ1) is 23.3. The van der Waals surface area contributed by atoms with Gasteiger partial charge in [0.25, 0.3) is 0 Å². The Balaban J connectivity index is 1.77. The van der Waals surface area contributed by atoms with Gasteiger partial charge >= 0.3 is 0 Å². The molecule has 0 saturated heterocycles. The average molecular weight is 444 g/mol. The molecule has 0 aromatic heterocycles. The Morgan fingerprint density at radius 3 is 2.25 bits per heavy atom. The molecule has 3 aromatic rings. The Morgan fingerprint density at radius 1 is 0.938 bits per heavy atom. The van der Waals surface area contributed by atoms with E-state index in [4.69, 9.17) is 0 Å². The van der Waals surface area contributed by atoms with Crippen LogP contribution >= 0.6 is 12.2 Å². The molecule has 32 heavy (non-hydrogen) atoms. The van der Waals surface area contributed by atoms with Gasteiger partial charge in [-0.15, -0.1) is 0 Å². The van der Waals surface area contributed by atoms with Crippen LogP contribution in [-0.4, -0.2) is 5.16 Å². The fourth-order valence-electron chi connectivity index (χ4n) is 3.24. The van der Waals surface area contributed by atoms with Crippen molar-refractivity contribution in [3.05, 3.63) is 88.5 Å². The maximum absolute atomic E-state index is 14.0. The topological polar surface area (TPSA) is 12.4 Å². The van der Waals surface area contributed by atoms with Crippen LogP contribution in [0.5, 0.6) is 0 Å². The van der Waals surface area contributed by atoms with Crippen molar-refractivity contribution >= 4 is 35.2 Å². The zero-order valence-electron chi connectivity index (χ0n) is 18.1. The van der Waals surface area contributed by atoms with Crippen LogP contribution in [0.15, 0.2) is 59.6 Å². The third kappa shape index (κ3) is 6.08. The molecule has 0 atom stereocenters. The van der Waals surface area contributed by atoms with Gasteiger partial charge in [0, 0.05) is 12.0 Å². The van der Waals surface area contributed by atoms with Crippen molar-refractivity contribution in [1.82, 2.24) is 0 Å². The van der Waals surface area contributed by atoms with Crippen molar-refractivity contribution in [3.8, 4) is 23.0 Å². The van der Waals surface area contributed by atoms with E-state index in [1.165, 1.54) is 12.1 Å². The van der Waals surface area contributed by atoms with Gasteiger partial charge < -0.3 is 0 Å². The summed E-state index contributed by atoms with van der Waals surface area (Å²) in [6.07, 6.45) is 6.72. The first-order chi connectivity index (χ1) is 15.5. The molecule has 160 valence electrons. The molecule has 3 aromatic carbocycles. The Labute approximate surface area is 193 Å². The molecule has 0 spiro atoms. The van der Waals surface area contributed by atoms with Crippen LogP contribution in [0, 0.1) is 30.4 Å². The van der Waals surface area contributed by atoms with Gasteiger partial charge in [-0.2, -0.15) is 4.99 Å². The minimum absolute atomic E-state index is 0.405. The smallest absolute Gasteiger partial charge is 0.153 e. The van der Waals surface area contributed by atoms with Crippen molar-refractivity contribution in [2.75, 3.05) is 0 Å². The lowest BCUT2D eigenvalue weighted by molar-refractivity contribution is 0.587. The van der Waals surface area contributed by atoms with E-state index in [-0.39, 0.29) is 0 Å². The van der Waals surface area contributed by atoms with Gasteiger partial charge in [0.2, 0.25) is 0 Å². The van der Waals surface area contributed by atoms with Crippen molar-refractivity contribution < 1.29 is 8.78 Å². The maximum Gasteiger partial charge on any atom is 0.153 e. The van der Waals surface area contributed by atoms with Crippen molar-refractivity contribution in [1.29, 1.82) is 0 Å². The summed E-state index contributed by atoms with van der Waals surface area (Å²) in [4.78, 5) is 3.43. The molecular formula is C28H23F2NS. The van der Waals surface area contributed by atoms with E-state index in [0.29, 0.717) is 5.56 Å². The highest BCUT2D eigenvalue weighted by Crippen LogP contribution is 2.26. The Bertz CT molecular complexity index is 1220. The number of benzene rings is 3. The Morgan fingerprint density at radius 2 is 1.62 bits per heavy atom. The summed E-state index contributed by atoms with van der Waals surface area (Å²) in [5.41, 5.74) is 5.24. The summed E-state index contributed by atoms with van der Waals surface area (Å²) in [6.45, 7) is 4.17. The molecule has 0 N–H and O–H groups in total. The van der Waals surface area contributed by atoms with Crippen molar-refractivity contribution in [3.63, 3.8) is 0 Å². The zero-order valence-corrected chi connectivity index (χ0v) is 18.9. The third-order valence-electron chi connectivity index (χ3n) is 5.03. The second kappa shape index (κ2) is 11.3. The summed E-state index contributed by atoms with van der Waals surface area (Å²) in [7, 11) is 0. The summed E-state index contributed by atoms with van der Waals surface area (Å²) in [5.74, 6) is 4.87. The minimum atomic E-state index is -0.771. The molecule has 0 radical (unpaired) electrons. The Hall–Kier alpha value is -3.38. The molecule has 3 rings (SSSR count). The van der Waals surface area contributed by atoms with Gasteiger partial charge in [-0.25, -0.2) is 8.78 Å². The van der Waals surface area contributed by atoms with Crippen LogP contribution in [-0.2, 0) is 0 Å². The summed E-state index contributed by atoms with van der Waals surface area (Å²) >= 11 is 4.42. The molecule has 0 amide bonds. The van der Waals surface area contributed by atoms with E-state index < -0.39 is 17.3 Å². The number of hydrogen-bond acceptors (Lipinski definition) is 2. The minimum Gasteiger partial charge on any atom is -0.204 e. The zero-order chi connectivity index (χ0) is 22.9. The van der Waals surface area contributed by atoms with Gasteiger partial charge in [-0.1, -0.05) is 67.7 Å². The Kier molecular flexibility index (Phi) is 8.22. The van der Waals surface area contributed by atoms with Crippen LogP contribution < -0.4 is 0 Å². The molecule has 0 aliphatic carbocycles. The number of nitrogens with zero attached hydrogens (tertiary/aromatic N) is 1. The van der Waals surface area contributed by atoms with E-state index in [0.717, 1.165) is 47.1 Å². The highest BCUT2D eigenvalue weighted by molar-refractivity contribution is 7.78. The number of rotatable bonds is 6. The second-order valence-corrected chi connectivity index (χ2v) is 7.61. The molecule has 0 bridgehead atoms. The first-order valence-electron chi connectivity index (χ1n) is 10.5. The quantitative estimate of drug-likeness (QED) is 0.122. The monoisotopic (exact) mass is 443 g/mol. The van der Waals surface area contributed by atoms with Crippen molar-refractivity contribution in [2.24, 2.45) is 4.99 Å². The number of aryl methyl sites for hydroxylation is 1. The molecule has 1 nitrogen and oxygen atoms in total. The fraction of sp³-hybridized carbons (Fsp3) is 0.179. The number of halogens is 2. The van der Waals surface area contributed by atoms with Gasteiger partial charge in [-0.3, -0.25) is 0 Å². The van der Waals surface area contributed by atoms with E-state index in [1.54, 1.807) is 6.08 Å². The van der Waals surface area contributed by atoms with Crippen LogP contribution in [0.1, 0.15) is 48.4 Å². The predicted octanol–water partition coefficient (Wildman–Crippen LogP) is 8.39. The average Bonchev–Trinajstić information content (AvgIpc) is 2.79. The van der Waals surface area contributed by atoms with E-state index in [2.05, 4.69) is 54.2 Å². The molecular weight excluding hydrogens is 420 g/mol. The molecule has 0 fully saturated rings. The van der Waals surface area contributed by atoms with Crippen LogP contribution in [0.2, 0.25) is 0 Å². The lowest BCUT2D eigenvalue weighted by Crippen LogP contribution is -1.87. The van der Waals surface area contributed by atoms with Crippen LogP contribution in [0.3, 0.4) is 0 Å². The van der Waals surface area contributed by atoms with Crippen LogP contribution in [0.25, 0.3) is 23.3 Å². The fourth-order valence-corrected chi connectivity index (χ4v) is 3.33. The highest BCUT2D eigenvalue weighted by atomic mass is 32.1. The molecule has 0 aliphatic heterocycles. The van der Waals surface area contributed by atoms with Crippen molar-refractivity contribution in [2.45, 2.75) is 33.1 Å². The molecule has 0 saturated carbocycles. The first-order valence-corrected chi connectivity index (χ1v) is 10.9.